The van der Waals surface area contributed by atoms with Crippen LogP contribution < -0.4 is 4.74 Å². The zero-order valence-corrected chi connectivity index (χ0v) is 22.8. The topological polar surface area (TPSA) is 49.9 Å². The molecule has 0 bridgehead atoms. The third kappa shape index (κ3) is 6.58. The van der Waals surface area contributed by atoms with Gasteiger partial charge < -0.3 is 14.5 Å². The lowest BCUT2D eigenvalue weighted by molar-refractivity contribution is -0.135. The van der Waals surface area contributed by atoms with Crippen LogP contribution in [-0.4, -0.2) is 47.9 Å². The summed E-state index contributed by atoms with van der Waals surface area (Å²) in [6.45, 7) is 9.64. The van der Waals surface area contributed by atoms with E-state index in [9.17, 15) is 14.0 Å². The van der Waals surface area contributed by atoms with E-state index in [-0.39, 0.29) is 30.3 Å². The first-order valence-electron chi connectivity index (χ1n) is 12.9. The highest BCUT2D eigenvalue weighted by Gasteiger charge is 2.33. The van der Waals surface area contributed by atoms with Crippen LogP contribution in [0, 0.1) is 11.7 Å². The smallest absolute Gasteiger partial charge is 0.254 e. The molecular weight excluding hydrogens is 487 g/mol. The van der Waals surface area contributed by atoms with Crippen LogP contribution in [-0.2, 0) is 11.2 Å². The number of carbonyl (C=O) groups is 2. The maximum atomic E-state index is 13.7. The number of hydrogen-bond acceptors (Lipinski definition) is 4. The second-order valence-corrected chi connectivity index (χ2v) is 11.3. The Labute approximate surface area is 222 Å². The first-order valence-corrected chi connectivity index (χ1v) is 13.7. The summed E-state index contributed by atoms with van der Waals surface area (Å²) in [4.78, 5) is 31.6. The summed E-state index contributed by atoms with van der Waals surface area (Å²) in [5.41, 5.74) is 2.74. The summed E-state index contributed by atoms with van der Waals surface area (Å²) in [7, 11) is 0. The summed E-state index contributed by atoms with van der Waals surface area (Å²) in [6.07, 6.45) is 0.786. The van der Waals surface area contributed by atoms with Crippen molar-refractivity contribution in [3.8, 4) is 5.75 Å². The van der Waals surface area contributed by atoms with Gasteiger partial charge >= 0.3 is 0 Å². The molecule has 0 saturated heterocycles. The highest BCUT2D eigenvalue weighted by molar-refractivity contribution is 7.10. The minimum absolute atomic E-state index is 0.0343. The quantitative estimate of drug-likeness (QED) is 0.331. The van der Waals surface area contributed by atoms with Gasteiger partial charge in [-0.3, -0.25) is 9.59 Å². The van der Waals surface area contributed by atoms with Crippen LogP contribution in [0.1, 0.15) is 66.0 Å². The van der Waals surface area contributed by atoms with Crippen LogP contribution in [0.2, 0.25) is 0 Å². The van der Waals surface area contributed by atoms with E-state index in [1.807, 2.05) is 30.9 Å². The number of benzene rings is 2. The molecule has 0 N–H and O–H groups in total. The number of halogens is 1. The number of thiophene rings is 1. The molecule has 1 aliphatic heterocycles. The fourth-order valence-electron chi connectivity index (χ4n) is 4.69. The summed E-state index contributed by atoms with van der Waals surface area (Å²) in [5, 5.41) is 2.06. The molecule has 0 aliphatic carbocycles. The third-order valence-corrected chi connectivity index (χ3v) is 7.66. The standard InChI is InChI=1S/C30H35FN2O3S/c1-20(2)17-32(30(35)23-5-9-24(31)10-6-23)18-29(34)33-15-13-28-26(14-16-37-28)27(33)19-36-25-11-7-22(8-12-25)21(3)4/h5-12,14,16,20-21,27H,13,15,17-19H2,1-4H3. The maximum absolute atomic E-state index is 13.7. The molecule has 1 unspecified atom stereocenters. The molecule has 1 aromatic heterocycles. The van der Waals surface area contributed by atoms with Crippen LogP contribution in [0.15, 0.2) is 60.0 Å². The van der Waals surface area contributed by atoms with E-state index in [1.165, 1.54) is 34.7 Å². The molecule has 2 aromatic carbocycles. The van der Waals surface area contributed by atoms with E-state index in [0.29, 0.717) is 31.2 Å². The second kappa shape index (κ2) is 11.9. The van der Waals surface area contributed by atoms with Crippen LogP contribution in [0.3, 0.4) is 0 Å². The van der Waals surface area contributed by atoms with Crippen molar-refractivity contribution in [2.45, 2.75) is 46.1 Å². The number of hydrogen-bond donors (Lipinski definition) is 0. The molecule has 2 amide bonds. The molecule has 37 heavy (non-hydrogen) atoms. The van der Waals surface area contributed by atoms with E-state index < -0.39 is 5.82 Å². The molecule has 0 spiro atoms. The Bertz CT molecular complexity index is 1200. The first kappa shape index (κ1) is 26.9. The zero-order chi connectivity index (χ0) is 26.5. The van der Waals surface area contributed by atoms with Gasteiger partial charge in [0.05, 0.1) is 6.04 Å². The van der Waals surface area contributed by atoms with Crippen LogP contribution in [0.4, 0.5) is 4.39 Å². The van der Waals surface area contributed by atoms with Gasteiger partial charge in [-0.15, -0.1) is 11.3 Å². The highest BCUT2D eigenvalue weighted by atomic mass is 32.1. The van der Waals surface area contributed by atoms with Gasteiger partial charge in [0.2, 0.25) is 5.91 Å². The van der Waals surface area contributed by atoms with Crippen molar-refractivity contribution in [1.82, 2.24) is 9.80 Å². The lowest BCUT2D eigenvalue weighted by Crippen LogP contribution is -2.48. The first-order chi connectivity index (χ1) is 17.7. The SMILES string of the molecule is CC(C)CN(CC(=O)N1CCc2sccc2C1COc1ccc(C(C)C)cc1)C(=O)c1ccc(F)cc1. The Morgan fingerprint density at radius 3 is 2.41 bits per heavy atom. The summed E-state index contributed by atoms with van der Waals surface area (Å²) >= 11 is 1.71. The lowest BCUT2D eigenvalue weighted by atomic mass is 10.00. The molecule has 1 atom stereocenters. The van der Waals surface area contributed by atoms with Gasteiger partial charge in [-0.25, -0.2) is 4.39 Å². The molecule has 7 heteroatoms. The Balaban J connectivity index is 1.51. The molecule has 0 saturated carbocycles. The van der Waals surface area contributed by atoms with E-state index in [4.69, 9.17) is 4.74 Å². The van der Waals surface area contributed by atoms with Crippen LogP contribution >= 0.6 is 11.3 Å². The third-order valence-electron chi connectivity index (χ3n) is 6.66. The summed E-state index contributed by atoms with van der Waals surface area (Å²) in [5.74, 6) is 0.608. The fraction of sp³-hybridized carbons (Fsp3) is 0.400. The maximum Gasteiger partial charge on any atom is 0.254 e. The number of amides is 2. The second-order valence-electron chi connectivity index (χ2n) is 10.3. The Morgan fingerprint density at radius 2 is 1.76 bits per heavy atom. The van der Waals surface area contributed by atoms with E-state index in [2.05, 4.69) is 37.4 Å². The Kier molecular flexibility index (Phi) is 8.64. The predicted octanol–water partition coefficient (Wildman–Crippen LogP) is 6.31. The molecule has 0 radical (unpaired) electrons. The van der Waals surface area contributed by atoms with Crippen LogP contribution in [0.5, 0.6) is 5.75 Å². The van der Waals surface area contributed by atoms with Gasteiger partial charge in [-0.05, 0) is 77.2 Å². The molecule has 1 aliphatic rings. The van der Waals surface area contributed by atoms with Gasteiger partial charge in [-0.1, -0.05) is 39.8 Å². The predicted molar refractivity (Wildman–Crippen MR) is 146 cm³/mol. The van der Waals surface area contributed by atoms with Gasteiger partial charge in [0.15, 0.2) is 0 Å². The number of nitrogens with zero attached hydrogens (tertiary/aromatic N) is 2. The zero-order valence-electron chi connectivity index (χ0n) is 21.9. The van der Waals surface area contributed by atoms with Gasteiger partial charge in [0, 0.05) is 23.5 Å². The van der Waals surface area contributed by atoms with Crippen molar-refractivity contribution in [1.29, 1.82) is 0 Å². The molecule has 3 aromatic rings. The minimum Gasteiger partial charge on any atom is -0.491 e. The molecule has 5 nitrogen and oxygen atoms in total. The van der Waals surface area contributed by atoms with Crippen molar-refractivity contribution in [2.75, 3.05) is 26.2 Å². The monoisotopic (exact) mass is 522 g/mol. The molecule has 4 rings (SSSR count). The van der Waals surface area contributed by atoms with E-state index >= 15 is 0 Å². The van der Waals surface area contributed by atoms with Crippen LogP contribution in [0.25, 0.3) is 0 Å². The molecule has 196 valence electrons. The van der Waals surface area contributed by atoms with Crippen molar-refractivity contribution in [3.05, 3.63) is 87.4 Å². The van der Waals surface area contributed by atoms with E-state index in [0.717, 1.165) is 17.7 Å². The number of rotatable bonds is 9. The van der Waals surface area contributed by atoms with E-state index in [1.54, 1.807) is 16.2 Å². The molecular formula is C30H35FN2O3S. The number of ether oxygens (including phenoxy) is 1. The normalized spacial score (nSPS) is 15.1. The van der Waals surface area contributed by atoms with Gasteiger partial charge in [-0.2, -0.15) is 0 Å². The van der Waals surface area contributed by atoms with Gasteiger partial charge in [0.25, 0.3) is 5.91 Å². The van der Waals surface area contributed by atoms with Crippen molar-refractivity contribution in [3.63, 3.8) is 0 Å². The lowest BCUT2D eigenvalue weighted by Gasteiger charge is -2.37. The van der Waals surface area contributed by atoms with Crippen molar-refractivity contribution >= 4 is 23.2 Å². The Hall–Kier alpha value is -3.19. The minimum atomic E-state index is -0.399. The Morgan fingerprint density at radius 1 is 1.05 bits per heavy atom. The average molecular weight is 523 g/mol. The largest absolute Gasteiger partial charge is 0.491 e. The number of carbonyl (C=O) groups excluding carboxylic acids is 2. The van der Waals surface area contributed by atoms with Gasteiger partial charge in [0.1, 0.15) is 24.7 Å². The average Bonchev–Trinajstić information content (AvgIpc) is 3.36. The fourth-order valence-corrected chi connectivity index (χ4v) is 5.62. The number of fused-ring (bicyclic) bond motifs is 1. The summed E-state index contributed by atoms with van der Waals surface area (Å²) in [6, 6.07) is 15.4. The molecule has 2 heterocycles. The summed E-state index contributed by atoms with van der Waals surface area (Å²) < 4.78 is 19.6. The molecule has 0 fully saturated rings. The van der Waals surface area contributed by atoms with Crippen molar-refractivity contribution in [2.24, 2.45) is 5.92 Å². The van der Waals surface area contributed by atoms with Crippen molar-refractivity contribution < 1.29 is 18.7 Å². The highest BCUT2D eigenvalue weighted by Crippen LogP contribution is 2.34.